The fourth-order valence-electron chi connectivity index (χ4n) is 2.44. The minimum atomic E-state index is -0.784. The first kappa shape index (κ1) is 18.2. The molecule has 0 bridgehead atoms. The summed E-state index contributed by atoms with van der Waals surface area (Å²) in [5.74, 6) is 0. The van der Waals surface area contributed by atoms with Crippen LogP contribution in [0.1, 0.15) is 52.9 Å². The summed E-state index contributed by atoms with van der Waals surface area (Å²) < 4.78 is 5.32. The van der Waals surface area contributed by atoms with Crippen molar-refractivity contribution in [3.63, 3.8) is 0 Å². The number of hydrogen-bond acceptors (Lipinski definition) is 5. The molecule has 3 N–H and O–H groups in total. The van der Waals surface area contributed by atoms with E-state index >= 15 is 0 Å². The van der Waals surface area contributed by atoms with Gasteiger partial charge in [0.2, 0.25) is 0 Å². The number of piperidine rings is 1. The lowest BCUT2D eigenvalue weighted by Crippen LogP contribution is -2.48. The van der Waals surface area contributed by atoms with E-state index in [0.717, 1.165) is 0 Å². The molecule has 1 amide bonds. The van der Waals surface area contributed by atoms with Crippen molar-refractivity contribution < 1.29 is 24.9 Å². The van der Waals surface area contributed by atoms with E-state index in [9.17, 15) is 15.0 Å². The Morgan fingerprint density at radius 3 is 2.38 bits per heavy atom. The molecule has 1 atom stereocenters. The van der Waals surface area contributed by atoms with Crippen molar-refractivity contribution in [1.29, 1.82) is 0 Å². The SMILES string of the molecule is CC(C)(C)OC(=O)N1CCC(O)(CCCC(O)CO)CC1. The summed E-state index contributed by atoms with van der Waals surface area (Å²) in [7, 11) is 0. The second kappa shape index (κ2) is 7.42. The van der Waals surface area contributed by atoms with Gasteiger partial charge in [0, 0.05) is 13.1 Å². The molecule has 1 unspecified atom stereocenters. The maximum Gasteiger partial charge on any atom is 0.410 e. The Morgan fingerprint density at radius 2 is 1.90 bits per heavy atom. The first-order valence-corrected chi connectivity index (χ1v) is 7.64. The molecule has 1 fully saturated rings. The van der Waals surface area contributed by atoms with Gasteiger partial charge in [-0.05, 0) is 52.9 Å². The van der Waals surface area contributed by atoms with Gasteiger partial charge in [-0.15, -0.1) is 0 Å². The molecule has 0 aromatic heterocycles. The van der Waals surface area contributed by atoms with Gasteiger partial charge in [-0.3, -0.25) is 0 Å². The Balaban J connectivity index is 2.35. The number of carbonyl (C=O) groups excluding carboxylic acids is 1. The molecular formula is C15H29NO5. The van der Waals surface area contributed by atoms with Crippen molar-refractivity contribution in [2.45, 2.75) is 70.2 Å². The fourth-order valence-corrected chi connectivity index (χ4v) is 2.44. The Bertz CT molecular complexity index is 331. The number of rotatable bonds is 5. The smallest absolute Gasteiger partial charge is 0.410 e. The van der Waals surface area contributed by atoms with Crippen molar-refractivity contribution in [1.82, 2.24) is 4.90 Å². The Kier molecular flexibility index (Phi) is 6.43. The van der Waals surface area contributed by atoms with Gasteiger partial charge in [0.1, 0.15) is 5.60 Å². The Morgan fingerprint density at radius 1 is 1.33 bits per heavy atom. The lowest BCUT2D eigenvalue weighted by Gasteiger charge is -2.38. The number of ether oxygens (including phenoxy) is 1. The van der Waals surface area contributed by atoms with Crippen LogP contribution in [0.25, 0.3) is 0 Å². The van der Waals surface area contributed by atoms with Crippen LogP contribution in [-0.4, -0.2) is 63.3 Å². The average molecular weight is 303 g/mol. The molecule has 0 radical (unpaired) electrons. The van der Waals surface area contributed by atoms with Crippen LogP contribution in [-0.2, 0) is 4.74 Å². The van der Waals surface area contributed by atoms with E-state index in [1.165, 1.54) is 0 Å². The Hall–Kier alpha value is -0.850. The minimum absolute atomic E-state index is 0.245. The van der Waals surface area contributed by atoms with E-state index in [1.807, 2.05) is 20.8 Å². The zero-order valence-electron chi connectivity index (χ0n) is 13.3. The molecule has 1 rings (SSSR count). The van der Waals surface area contributed by atoms with E-state index in [1.54, 1.807) is 4.90 Å². The predicted molar refractivity (Wildman–Crippen MR) is 78.9 cm³/mol. The highest BCUT2D eigenvalue weighted by molar-refractivity contribution is 5.68. The summed E-state index contributed by atoms with van der Waals surface area (Å²) in [6, 6.07) is 0. The first-order valence-electron chi connectivity index (χ1n) is 7.64. The number of aliphatic hydroxyl groups excluding tert-OH is 2. The molecule has 1 aliphatic heterocycles. The average Bonchev–Trinajstić information content (AvgIpc) is 2.37. The zero-order chi connectivity index (χ0) is 16.1. The number of likely N-dealkylation sites (tertiary alicyclic amines) is 1. The van der Waals surface area contributed by atoms with E-state index in [0.29, 0.717) is 45.2 Å². The molecule has 0 spiro atoms. The maximum atomic E-state index is 11.9. The summed E-state index contributed by atoms with van der Waals surface area (Å²) in [6.07, 6.45) is 1.70. The number of amides is 1. The van der Waals surface area contributed by atoms with Gasteiger partial charge in [-0.25, -0.2) is 4.79 Å². The molecule has 21 heavy (non-hydrogen) atoms. The summed E-state index contributed by atoms with van der Waals surface area (Å²) in [5.41, 5.74) is -1.29. The maximum absolute atomic E-state index is 11.9. The first-order chi connectivity index (χ1) is 9.65. The quantitative estimate of drug-likeness (QED) is 0.711. The van der Waals surface area contributed by atoms with Crippen LogP contribution in [0.5, 0.6) is 0 Å². The van der Waals surface area contributed by atoms with Crippen LogP contribution in [0.4, 0.5) is 4.79 Å². The third-order valence-corrected chi connectivity index (χ3v) is 3.74. The second-order valence-corrected chi connectivity index (χ2v) is 6.92. The van der Waals surface area contributed by atoms with Gasteiger partial charge in [0.25, 0.3) is 0 Å². The van der Waals surface area contributed by atoms with Crippen molar-refractivity contribution in [3.05, 3.63) is 0 Å². The molecule has 124 valence electrons. The summed E-state index contributed by atoms with van der Waals surface area (Å²) >= 11 is 0. The lowest BCUT2D eigenvalue weighted by atomic mass is 9.86. The molecule has 0 aliphatic carbocycles. The molecule has 0 saturated carbocycles. The lowest BCUT2D eigenvalue weighted by molar-refractivity contribution is -0.0396. The van der Waals surface area contributed by atoms with Gasteiger partial charge in [0.05, 0.1) is 18.3 Å². The molecule has 6 heteroatoms. The molecule has 0 aromatic carbocycles. The standard InChI is InChI=1S/C15H29NO5/c1-14(2,3)21-13(19)16-9-7-15(20,8-10-16)6-4-5-12(18)11-17/h12,17-18,20H,4-11H2,1-3H3. The van der Waals surface area contributed by atoms with Crippen LogP contribution in [0.15, 0.2) is 0 Å². The van der Waals surface area contributed by atoms with Crippen LogP contribution < -0.4 is 0 Å². The second-order valence-electron chi connectivity index (χ2n) is 6.92. The van der Waals surface area contributed by atoms with E-state index in [4.69, 9.17) is 9.84 Å². The molecule has 0 aromatic rings. The number of hydrogen-bond donors (Lipinski definition) is 3. The van der Waals surface area contributed by atoms with Crippen LogP contribution in [0, 0.1) is 0 Å². The third kappa shape index (κ3) is 6.63. The largest absolute Gasteiger partial charge is 0.444 e. The predicted octanol–water partition coefficient (Wildman–Crippen LogP) is 1.27. The highest BCUT2D eigenvalue weighted by Gasteiger charge is 2.34. The number of nitrogens with zero attached hydrogens (tertiary/aromatic N) is 1. The number of carbonyl (C=O) groups is 1. The monoisotopic (exact) mass is 303 g/mol. The van der Waals surface area contributed by atoms with Gasteiger partial charge in [-0.1, -0.05) is 0 Å². The summed E-state index contributed by atoms with van der Waals surface area (Å²) in [6.45, 7) is 6.21. The van der Waals surface area contributed by atoms with Crippen LogP contribution >= 0.6 is 0 Å². The van der Waals surface area contributed by atoms with Crippen molar-refractivity contribution in [2.75, 3.05) is 19.7 Å². The fraction of sp³-hybridized carbons (Fsp3) is 0.933. The van der Waals surface area contributed by atoms with Gasteiger partial charge < -0.3 is 25.0 Å². The van der Waals surface area contributed by atoms with Gasteiger partial charge in [0.15, 0.2) is 0 Å². The topological polar surface area (TPSA) is 90.2 Å². The van der Waals surface area contributed by atoms with E-state index in [2.05, 4.69) is 0 Å². The third-order valence-electron chi connectivity index (χ3n) is 3.74. The van der Waals surface area contributed by atoms with Gasteiger partial charge >= 0.3 is 6.09 Å². The summed E-state index contributed by atoms with van der Waals surface area (Å²) in [4.78, 5) is 13.6. The van der Waals surface area contributed by atoms with Crippen LogP contribution in [0.3, 0.4) is 0 Å². The molecule has 1 saturated heterocycles. The van der Waals surface area contributed by atoms with Crippen molar-refractivity contribution in [3.8, 4) is 0 Å². The molecular weight excluding hydrogens is 274 g/mol. The minimum Gasteiger partial charge on any atom is -0.444 e. The van der Waals surface area contributed by atoms with Gasteiger partial charge in [-0.2, -0.15) is 0 Å². The van der Waals surface area contributed by atoms with Crippen molar-refractivity contribution in [2.24, 2.45) is 0 Å². The zero-order valence-corrected chi connectivity index (χ0v) is 13.3. The van der Waals surface area contributed by atoms with E-state index in [-0.39, 0.29) is 12.7 Å². The van der Waals surface area contributed by atoms with E-state index < -0.39 is 17.3 Å². The van der Waals surface area contributed by atoms with Crippen LogP contribution in [0.2, 0.25) is 0 Å². The normalized spacial score (nSPS) is 20.2. The highest BCUT2D eigenvalue weighted by Crippen LogP contribution is 2.28. The highest BCUT2D eigenvalue weighted by atomic mass is 16.6. The molecule has 6 nitrogen and oxygen atoms in total. The molecule has 1 aliphatic rings. The van der Waals surface area contributed by atoms with Crippen molar-refractivity contribution >= 4 is 6.09 Å². The Labute approximate surface area is 126 Å². The number of aliphatic hydroxyl groups is 3. The summed E-state index contributed by atoms with van der Waals surface area (Å²) in [5, 5.41) is 28.5. The molecule has 1 heterocycles.